The highest BCUT2D eigenvalue weighted by atomic mass is 19.1. The number of rotatable bonds is 2. The summed E-state index contributed by atoms with van der Waals surface area (Å²) in [6, 6.07) is 4.52. The number of aromatic nitrogens is 3. The lowest BCUT2D eigenvalue weighted by atomic mass is 10.1. The van der Waals surface area contributed by atoms with Gasteiger partial charge in [-0.15, -0.1) is 0 Å². The number of halogens is 1. The summed E-state index contributed by atoms with van der Waals surface area (Å²) in [5.41, 5.74) is 6.27. The molecule has 0 unspecified atom stereocenters. The number of hydrogen-bond donors (Lipinski definition) is 2. The zero-order valence-electron chi connectivity index (χ0n) is 8.29. The fourth-order valence-corrected chi connectivity index (χ4v) is 1.34. The van der Waals surface area contributed by atoms with Crippen LogP contribution in [0.15, 0.2) is 18.2 Å². The first-order valence-corrected chi connectivity index (χ1v) is 4.68. The Morgan fingerprint density at radius 1 is 1.47 bits per heavy atom. The van der Waals surface area contributed by atoms with Crippen molar-refractivity contribution in [2.75, 3.05) is 5.73 Å². The fourth-order valence-electron chi connectivity index (χ4n) is 1.34. The molecular weight excluding hydrogens is 195 g/mol. The van der Waals surface area contributed by atoms with Gasteiger partial charge in [0.2, 0.25) is 0 Å². The van der Waals surface area contributed by atoms with E-state index in [1.165, 1.54) is 6.07 Å². The van der Waals surface area contributed by atoms with E-state index in [1.54, 1.807) is 12.1 Å². The minimum absolute atomic E-state index is 0.258. The molecule has 1 aromatic carbocycles. The van der Waals surface area contributed by atoms with Crippen molar-refractivity contribution < 1.29 is 4.39 Å². The third-order valence-corrected chi connectivity index (χ3v) is 2.14. The Labute approximate surface area is 86.3 Å². The number of nitrogens with one attached hydrogen (secondary N) is 1. The van der Waals surface area contributed by atoms with Crippen molar-refractivity contribution in [2.24, 2.45) is 0 Å². The van der Waals surface area contributed by atoms with Gasteiger partial charge < -0.3 is 5.73 Å². The van der Waals surface area contributed by atoms with Gasteiger partial charge >= 0.3 is 0 Å². The van der Waals surface area contributed by atoms with Crippen LogP contribution in [0.5, 0.6) is 0 Å². The summed E-state index contributed by atoms with van der Waals surface area (Å²) in [7, 11) is 0. The number of benzene rings is 1. The van der Waals surface area contributed by atoms with Crippen LogP contribution in [0, 0.1) is 5.82 Å². The van der Waals surface area contributed by atoms with E-state index in [-0.39, 0.29) is 5.56 Å². The van der Waals surface area contributed by atoms with E-state index in [0.717, 1.165) is 6.42 Å². The summed E-state index contributed by atoms with van der Waals surface area (Å²) in [4.78, 5) is 4.13. The Kier molecular flexibility index (Phi) is 2.37. The van der Waals surface area contributed by atoms with E-state index in [0.29, 0.717) is 17.3 Å². The molecule has 0 bridgehead atoms. The van der Waals surface area contributed by atoms with Crippen molar-refractivity contribution in [3.05, 3.63) is 29.8 Å². The predicted octanol–water partition coefficient (Wildman–Crippen LogP) is 1.76. The summed E-state index contributed by atoms with van der Waals surface area (Å²) in [5.74, 6) is 0.617. The predicted molar refractivity (Wildman–Crippen MR) is 55.6 cm³/mol. The highest BCUT2D eigenvalue weighted by Crippen LogP contribution is 2.25. The van der Waals surface area contributed by atoms with Crippen molar-refractivity contribution in [3.63, 3.8) is 0 Å². The minimum Gasteiger partial charge on any atom is -0.398 e. The molecule has 0 aliphatic carbocycles. The molecule has 0 atom stereocenters. The van der Waals surface area contributed by atoms with Crippen LogP contribution in [0.25, 0.3) is 11.4 Å². The van der Waals surface area contributed by atoms with Gasteiger partial charge in [0, 0.05) is 12.1 Å². The van der Waals surface area contributed by atoms with E-state index >= 15 is 0 Å². The van der Waals surface area contributed by atoms with Gasteiger partial charge in [-0.25, -0.2) is 9.37 Å². The van der Waals surface area contributed by atoms with Crippen LogP contribution in [0.4, 0.5) is 10.1 Å². The van der Waals surface area contributed by atoms with E-state index in [4.69, 9.17) is 5.73 Å². The Morgan fingerprint density at radius 2 is 2.27 bits per heavy atom. The molecule has 5 heteroatoms. The van der Waals surface area contributed by atoms with Gasteiger partial charge in [-0.05, 0) is 12.1 Å². The molecule has 78 valence electrons. The van der Waals surface area contributed by atoms with E-state index in [9.17, 15) is 4.39 Å². The quantitative estimate of drug-likeness (QED) is 0.735. The molecule has 0 spiro atoms. The molecule has 2 rings (SSSR count). The second-order valence-electron chi connectivity index (χ2n) is 3.16. The molecule has 0 amide bonds. The van der Waals surface area contributed by atoms with Gasteiger partial charge in [-0.3, -0.25) is 5.10 Å². The highest BCUT2D eigenvalue weighted by molar-refractivity contribution is 5.71. The molecule has 0 radical (unpaired) electrons. The molecule has 0 fully saturated rings. The number of anilines is 1. The monoisotopic (exact) mass is 206 g/mol. The van der Waals surface area contributed by atoms with Crippen LogP contribution in [0.2, 0.25) is 0 Å². The average molecular weight is 206 g/mol. The topological polar surface area (TPSA) is 67.6 Å². The van der Waals surface area contributed by atoms with Gasteiger partial charge in [0.1, 0.15) is 11.6 Å². The first-order chi connectivity index (χ1) is 7.22. The Bertz CT molecular complexity index is 458. The summed E-state index contributed by atoms with van der Waals surface area (Å²) in [5, 5.41) is 6.65. The third kappa shape index (κ3) is 1.68. The molecule has 0 saturated heterocycles. The van der Waals surface area contributed by atoms with E-state index in [2.05, 4.69) is 15.2 Å². The normalized spacial score (nSPS) is 10.5. The van der Waals surface area contributed by atoms with Crippen molar-refractivity contribution >= 4 is 5.69 Å². The summed E-state index contributed by atoms with van der Waals surface area (Å²) < 4.78 is 13.5. The average Bonchev–Trinajstić information content (AvgIpc) is 2.66. The van der Waals surface area contributed by atoms with Gasteiger partial charge in [-0.2, -0.15) is 5.10 Å². The number of aryl methyl sites for hydroxylation is 1. The maximum Gasteiger partial charge on any atom is 0.186 e. The molecule has 0 aliphatic rings. The lowest BCUT2D eigenvalue weighted by molar-refractivity contribution is 0.630. The van der Waals surface area contributed by atoms with Gasteiger partial charge in [-0.1, -0.05) is 13.0 Å². The second kappa shape index (κ2) is 3.68. The second-order valence-corrected chi connectivity index (χ2v) is 3.16. The summed E-state index contributed by atoms with van der Waals surface area (Å²) in [6.45, 7) is 1.94. The maximum atomic E-state index is 13.5. The van der Waals surface area contributed by atoms with Crippen LogP contribution in [0.1, 0.15) is 12.7 Å². The maximum absolute atomic E-state index is 13.5. The van der Waals surface area contributed by atoms with Crippen LogP contribution < -0.4 is 5.73 Å². The first kappa shape index (κ1) is 9.64. The van der Waals surface area contributed by atoms with Crippen LogP contribution in [0.3, 0.4) is 0 Å². The minimum atomic E-state index is -0.406. The van der Waals surface area contributed by atoms with Crippen molar-refractivity contribution in [2.45, 2.75) is 13.3 Å². The zero-order valence-corrected chi connectivity index (χ0v) is 8.29. The zero-order chi connectivity index (χ0) is 10.8. The number of H-pyrrole nitrogens is 1. The highest BCUT2D eigenvalue weighted by Gasteiger charge is 2.13. The third-order valence-electron chi connectivity index (χ3n) is 2.14. The standard InChI is InChI=1S/C10H11FN4/c1-2-8-13-10(15-14-8)9-6(11)4-3-5-7(9)12/h3-5H,2,12H2,1H3,(H,13,14,15). The Morgan fingerprint density at radius 3 is 2.87 bits per heavy atom. The summed E-state index contributed by atoms with van der Waals surface area (Å²) >= 11 is 0. The molecule has 4 nitrogen and oxygen atoms in total. The fraction of sp³-hybridized carbons (Fsp3) is 0.200. The van der Waals surface area contributed by atoms with Gasteiger partial charge in [0.15, 0.2) is 5.82 Å². The number of nitrogens with zero attached hydrogens (tertiary/aromatic N) is 2. The van der Waals surface area contributed by atoms with Crippen LogP contribution >= 0.6 is 0 Å². The van der Waals surface area contributed by atoms with Crippen molar-refractivity contribution in [1.82, 2.24) is 15.2 Å². The van der Waals surface area contributed by atoms with Crippen molar-refractivity contribution in [3.8, 4) is 11.4 Å². The molecule has 1 aromatic heterocycles. The molecule has 1 heterocycles. The Hall–Kier alpha value is -1.91. The Balaban J connectivity index is 2.53. The van der Waals surface area contributed by atoms with Gasteiger partial charge in [0.05, 0.1) is 5.56 Å². The number of nitrogens with two attached hydrogens (primary N) is 1. The molecule has 3 N–H and O–H groups in total. The van der Waals surface area contributed by atoms with E-state index in [1.807, 2.05) is 6.92 Å². The smallest absolute Gasteiger partial charge is 0.186 e. The lowest BCUT2D eigenvalue weighted by Gasteiger charge is -2.01. The van der Waals surface area contributed by atoms with E-state index < -0.39 is 5.82 Å². The molecule has 0 aliphatic heterocycles. The van der Waals surface area contributed by atoms with Crippen LogP contribution in [-0.4, -0.2) is 15.2 Å². The SMILES string of the molecule is CCc1nc(-c2c(N)cccc2F)n[nH]1. The first-order valence-electron chi connectivity index (χ1n) is 4.68. The van der Waals surface area contributed by atoms with Crippen molar-refractivity contribution in [1.29, 1.82) is 0 Å². The lowest BCUT2D eigenvalue weighted by Crippen LogP contribution is -1.94. The number of nitrogen functional groups attached to an aromatic ring is 1. The molecule has 0 saturated carbocycles. The molecular formula is C10H11FN4. The number of hydrogen-bond acceptors (Lipinski definition) is 3. The summed E-state index contributed by atoms with van der Waals surface area (Å²) in [6.07, 6.45) is 0.724. The molecule has 15 heavy (non-hydrogen) atoms. The largest absolute Gasteiger partial charge is 0.398 e. The molecule has 2 aromatic rings. The van der Waals surface area contributed by atoms with Gasteiger partial charge in [0.25, 0.3) is 0 Å². The van der Waals surface area contributed by atoms with Crippen LogP contribution in [-0.2, 0) is 6.42 Å². The number of aromatic amines is 1.